The maximum Gasteiger partial charge on any atom is 0.412 e. The molecule has 2 aromatic carbocycles. The average molecular weight is 1300 g/mol. The Kier molecular flexibility index (Phi) is 25.9. The van der Waals surface area contributed by atoms with Crippen molar-refractivity contribution in [1.82, 2.24) is 31.6 Å². The first kappa shape index (κ1) is 71.2. The zero-order chi connectivity index (χ0) is 66.0. The number of hydrogen-bond acceptors (Lipinski definition) is 20. The third kappa shape index (κ3) is 19.6. The molecule has 0 aliphatic carbocycles. The summed E-state index contributed by atoms with van der Waals surface area (Å²) >= 11 is 12.3. The van der Waals surface area contributed by atoms with Crippen LogP contribution in [0.4, 0.5) is 31.4 Å². The van der Waals surface area contributed by atoms with Crippen LogP contribution in [0.15, 0.2) is 54.1 Å². The number of thiocarbonyl (C=S) groups is 1. The third-order valence-electron chi connectivity index (χ3n) is 15.3. The Morgan fingerprint density at radius 1 is 0.911 bits per heavy atom. The van der Waals surface area contributed by atoms with Crippen molar-refractivity contribution in [3.05, 3.63) is 64.7 Å². The van der Waals surface area contributed by atoms with E-state index in [1.807, 2.05) is 13.0 Å². The van der Waals surface area contributed by atoms with Gasteiger partial charge < -0.3 is 85.1 Å². The van der Waals surface area contributed by atoms with Gasteiger partial charge in [-0.1, -0.05) is 56.2 Å². The van der Waals surface area contributed by atoms with Gasteiger partial charge >= 0.3 is 24.2 Å². The lowest BCUT2D eigenvalue weighted by Gasteiger charge is -2.42. The number of nitrogens with one attached hydrogen (secondary N) is 7. The first-order valence-corrected chi connectivity index (χ1v) is 29.9. The van der Waals surface area contributed by atoms with Crippen molar-refractivity contribution in [3.8, 4) is 11.5 Å². The van der Waals surface area contributed by atoms with E-state index in [4.69, 9.17) is 72.3 Å². The number of carbonyl (C=O) groups excluding carboxylic acids is 9. The molecule has 90 heavy (non-hydrogen) atoms. The van der Waals surface area contributed by atoms with Crippen molar-refractivity contribution in [2.75, 3.05) is 83.4 Å². The molecule has 31 heteroatoms. The molecular formula is C59H81ClN10O19S. The fraction of sp³-hybridized carbons (Fsp3) is 0.559. The SMILES string of the molecule is COc1cc(NC(=O)[C@H](CCCNC(N)=O)NC(=O)[C@@H](NC(=S)NCCOCCOCCC(=O)ON2C(=O)CCC2=O)C(C)C)ccc1NC(=O)O[C@H]1CC(=O)N(C)c2cc(cc(OC)c2Cl)C/C(C)=C/C=C/[C@@H](OC)[C@@]2(O)C[C@H](OC(=O)N2)[C@@H](C)[C@@H]2O[C@@]12C. The Hall–Kier alpha value is -7.87. The largest absolute Gasteiger partial charge is 0.495 e. The predicted octanol–water partition coefficient (Wildman–Crippen LogP) is 3.77. The summed E-state index contributed by atoms with van der Waals surface area (Å²) in [5.74, 6) is -4.32. The van der Waals surface area contributed by atoms with Crippen molar-refractivity contribution >= 4 is 99.7 Å². The number of rotatable bonds is 25. The number of hydrogen-bond donors (Lipinski definition) is 9. The van der Waals surface area contributed by atoms with Crippen LogP contribution in [-0.4, -0.2) is 185 Å². The van der Waals surface area contributed by atoms with Crippen molar-refractivity contribution in [1.29, 1.82) is 0 Å². The number of amides is 9. The Balaban J connectivity index is 1.10. The number of halogens is 1. The van der Waals surface area contributed by atoms with Crippen LogP contribution in [0.5, 0.6) is 11.5 Å². The Morgan fingerprint density at radius 3 is 2.28 bits per heavy atom. The number of primary amides is 1. The highest BCUT2D eigenvalue weighted by molar-refractivity contribution is 7.80. The van der Waals surface area contributed by atoms with Gasteiger partial charge in [0.05, 0.1) is 71.0 Å². The number of nitrogens with zero attached hydrogens (tertiary/aromatic N) is 2. The number of imide groups is 1. The smallest absolute Gasteiger partial charge is 0.412 e. The summed E-state index contributed by atoms with van der Waals surface area (Å²) in [5.41, 5.74) is 4.19. The molecule has 494 valence electrons. The predicted molar refractivity (Wildman–Crippen MR) is 329 cm³/mol. The number of hydroxylamine groups is 2. The molecule has 4 aliphatic rings. The zero-order valence-corrected chi connectivity index (χ0v) is 53.3. The highest BCUT2D eigenvalue weighted by Crippen LogP contribution is 2.49. The quantitative estimate of drug-likeness (QED) is 0.0296. The van der Waals surface area contributed by atoms with Crippen LogP contribution in [0.2, 0.25) is 5.02 Å². The first-order valence-electron chi connectivity index (χ1n) is 29.2. The lowest BCUT2D eigenvalue weighted by atomic mass is 9.83. The van der Waals surface area contributed by atoms with Gasteiger partial charge in [-0.05, 0) is 81.1 Å². The maximum atomic E-state index is 14.5. The monoisotopic (exact) mass is 1300 g/mol. The van der Waals surface area contributed by atoms with Crippen LogP contribution in [-0.2, 0) is 68.4 Å². The van der Waals surface area contributed by atoms with Gasteiger partial charge in [0.1, 0.15) is 52.5 Å². The van der Waals surface area contributed by atoms with Crippen LogP contribution >= 0.6 is 23.8 Å². The molecule has 9 amide bonds. The minimum atomic E-state index is -1.92. The molecule has 0 spiro atoms. The highest BCUT2D eigenvalue weighted by Gasteiger charge is 2.64. The number of ether oxygens (including phenoxy) is 8. The van der Waals surface area contributed by atoms with Crippen molar-refractivity contribution in [3.63, 3.8) is 0 Å². The first-order chi connectivity index (χ1) is 42.7. The average Bonchev–Trinajstić information content (AvgIpc) is 1.57. The maximum absolute atomic E-state index is 14.5. The minimum absolute atomic E-state index is 0.0118. The van der Waals surface area contributed by atoms with Gasteiger partial charge in [0, 0.05) is 64.2 Å². The van der Waals surface area contributed by atoms with Crippen LogP contribution in [0.25, 0.3) is 0 Å². The van der Waals surface area contributed by atoms with Gasteiger partial charge in [0.15, 0.2) is 10.8 Å². The molecule has 29 nitrogen and oxygen atoms in total. The molecule has 4 aliphatic heterocycles. The number of benzene rings is 2. The number of allylic oxidation sites excluding steroid dienone is 3. The molecule has 2 aromatic rings. The number of epoxide rings is 1. The summed E-state index contributed by atoms with van der Waals surface area (Å²) in [6.45, 7) is 9.60. The number of anilines is 3. The molecule has 4 bridgehead atoms. The molecule has 3 saturated heterocycles. The molecule has 0 unspecified atom stereocenters. The van der Waals surface area contributed by atoms with Crippen LogP contribution in [0, 0.1) is 11.8 Å². The van der Waals surface area contributed by atoms with Crippen LogP contribution < -0.4 is 57.3 Å². The molecule has 3 fully saturated rings. The number of methoxy groups -OCH3 is 3. The summed E-state index contributed by atoms with van der Waals surface area (Å²) in [6.07, 6.45) is -0.962. The molecule has 0 aromatic heterocycles. The van der Waals surface area contributed by atoms with Crippen LogP contribution in [0.3, 0.4) is 0 Å². The lowest BCUT2D eigenvalue weighted by molar-refractivity contribution is -0.198. The van der Waals surface area contributed by atoms with Gasteiger partial charge in [-0.2, -0.15) is 0 Å². The van der Waals surface area contributed by atoms with Crippen molar-refractivity contribution in [2.45, 2.75) is 134 Å². The molecule has 4 heterocycles. The van der Waals surface area contributed by atoms with E-state index >= 15 is 0 Å². The fourth-order valence-electron chi connectivity index (χ4n) is 10.3. The Labute approximate surface area is 531 Å². The molecule has 6 rings (SSSR count). The third-order valence-corrected chi connectivity index (χ3v) is 15.9. The van der Waals surface area contributed by atoms with E-state index in [1.165, 1.54) is 51.5 Å². The number of urea groups is 1. The summed E-state index contributed by atoms with van der Waals surface area (Å²) in [5, 5.41) is 31.8. The second kappa shape index (κ2) is 32.7. The number of alkyl carbamates (subject to hydrolysis) is 1. The van der Waals surface area contributed by atoms with E-state index < -0.39 is 114 Å². The number of aliphatic hydroxyl groups is 1. The van der Waals surface area contributed by atoms with Gasteiger partial charge in [0.2, 0.25) is 17.7 Å². The summed E-state index contributed by atoms with van der Waals surface area (Å²) in [7, 11) is 5.70. The standard InChI is InChI=1S/C59H81ClN10O19S/c1-32(2)50(67-55(90)63-21-23-85-25-24-84-22-19-48(74)89-70-45(71)17-18-46(70)72)53(76)65-38(13-11-20-62-54(61)77)52(75)64-36-15-16-37(40(29-36)81-7)66-56(78)87-44-30-47(73)69(6)39-27-35(28-41(82-8)49(39)60)26-33(3)12-10-14-43(83-9)59(80)31-42(86-57(79)68-59)34(4)51-58(44,5)88-51/h10,12,14-16,27-29,32,34,38,42-44,50-51,80H,11,13,17-26,30-31H2,1-9H3,(H,64,75)(H,65,76)(H,66,78)(H,68,79)(H3,61,62,77)(H2,63,67,90)/b14-10+,33-12+/t34-,38+,42+,43-,44+,50+,51+,58+,59+/m1/s1. The molecule has 9 atom stereocenters. The second-order valence-corrected chi connectivity index (χ2v) is 23.1. The van der Waals surface area contributed by atoms with E-state index in [2.05, 4.69) is 37.2 Å². The summed E-state index contributed by atoms with van der Waals surface area (Å²) in [4.78, 5) is 123. The summed E-state index contributed by atoms with van der Waals surface area (Å²) in [6, 6.07) is 4.93. The number of nitrogens with two attached hydrogens (primary N) is 1. The van der Waals surface area contributed by atoms with E-state index in [9.17, 15) is 48.3 Å². The van der Waals surface area contributed by atoms with E-state index in [0.29, 0.717) is 22.9 Å². The number of carbonyl (C=O) groups is 9. The number of fused-ring (bicyclic) bond motifs is 5. The second-order valence-electron chi connectivity index (χ2n) is 22.4. The molecule has 0 saturated carbocycles. The lowest BCUT2D eigenvalue weighted by Crippen LogP contribution is -2.63. The topological polar surface area (TPSA) is 377 Å². The highest BCUT2D eigenvalue weighted by atomic mass is 35.5. The Bertz CT molecular complexity index is 3030. The molecule has 0 radical (unpaired) electrons. The summed E-state index contributed by atoms with van der Waals surface area (Å²) < 4.78 is 46.0. The molecule has 10 N–H and O–H groups in total. The normalized spacial score (nSPS) is 24.1. The van der Waals surface area contributed by atoms with Crippen molar-refractivity contribution < 1.29 is 91.0 Å². The van der Waals surface area contributed by atoms with Crippen LogP contribution in [0.1, 0.15) is 85.1 Å². The van der Waals surface area contributed by atoms with Gasteiger partial charge in [-0.3, -0.25) is 34.6 Å². The van der Waals surface area contributed by atoms with E-state index in [1.54, 1.807) is 52.0 Å². The minimum Gasteiger partial charge on any atom is -0.495 e. The van der Waals surface area contributed by atoms with E-state index in [0.717, 1.165) is 11.1 Å². The fourth-order valence-corrected chi connectivity index (χ4v) is 10.8. The zero-order valence-electron chi connectivity index (χ0n) is 51.7. The Morgan fingerprint density at radius 2 is 1.61 bits per heavy atom. The van der Waals surface area contributed by atoms with E-state index in [-0.39, 0.29) is 111 Å². The van der Waals surface area contributed by atoms with Crippen molar-refractivity contribution in [2.24, 2.45) is 17.6 Å². The van der Waals surface area contributed by atoms with Gasteiger partial charge in [-0.25, -0.2) is 19.2 Å². The van der Waals surface area contributed by atoms with Gasteiger partial charge in [0.25, 0.3) is 11.8 Å². The molecular weight excluding hydrogens is 1220 g/mol. The van der Waals surface area contributed by atoms with Gasteiger partial charge in [-0.15, -0.1) is 5.06 Å².